The summed E-state index contributed by atoms with van der Waals surface area (Å²) in [6, 6.07) is 5.07. The van der Waals surface area contributed by atoms with E-state index in [1.165, 1.54) is 12.5 Å². The molecule has 0 saturated heterocycles. The summed E-state index contributed by atoms with van der Waals surface area (Å²) in [4.78, 5) is 26.1. The minimum Gasteiger partial charge on any atom is -0.472 e. The minimum atomic E-state index is -0.245. The minimum absolute atomic E-state index is 0.0262. The molecule has 18 heavy (non-hydrogen) atoms. The van der Waals surface area contributed by atoms with E-state index in [-0.39, 0.29) is 17.4 Å². The Balaban J connectivity index is 1.84. The molecule has 2 N–H and O–H groups in total. The van der Waals surface area contributed by atoms with Crippen molar-refractivity contribution in [3.8, 4) is 11.1 Å². The van der Waals surface area contributed by atoms with E-state index < -0.39 is 0 Å². The highest BCUT2D eigenvalue weighted by Crippen LogP contribution is 2.29. The molecule has 0 aliphatic heterocycles. The van der Waals surface area contributed by atoms with Crippen LogP contribution >= 0.6 is 0 Å². The van der Waals surface area contributed by atoms with Crippen LogP contribution in [0.2, 0.25) is 0 Å². The largest absolute Gasteiger partial charge is 0.472 e. The molecule has 0 atom stereocenters. The molecule has 1 aliphatic rings. The quantitative estimate of drug-likeness (QED) is 0.866. The molecule has 5 heteroatoms. The van der Waals surface area contributed by atoms with Crippen molar-refractivity contribution in [1.82, 2.24) is 4.98 Å². The molecular weight excluding hydrogens is 232 g/mol. The maximum absolute atomic E-state index is 11.9. The van der Waals surface area contributed by atoms with E-state index >= 15 is 0 Å². The lowest BCUT2D eigenvalue weighted by Gasteiger charge is -2.04. The average molecular weight is 244 g/mol. The number of amides is 1. The Bertz CT molecular complexity index is 624. The topological polar surface area (TPSA) is 75.1 Å². The molecule has 2 heterocycles. The predicted molar refractivity (Wildman–Crippen MR) is 66.1 cm³/mol. The summed E-state index contributed by atoms with van der Waals surface area (Å²) < 4.78 is 4.94. The van der Waals surface area contributed by atoms with Crippen molar-refractivity contribution in [2.45, 2.75) is 12.8 Å². The van der Waals surface area contributed by atoms with Gasteiger partial charge < -0.3 is 14.7 Å². The van der Waals surface area contributed by atoms with Gasteiger partial charge in [0.05, 0.1) is 18.1 Å². The normalized spacial score (nSPS) is 14.4. The maximum atomic E-state index is 11.9. The summed E-state index contributed by atoms with van der Waals surface area (Å²) in [5.41, 5.74) is 0.995. The molecule has 0 radical (unpaired) electrons. The van der Waals surface area contributed by atoms with Gasteiger partial charge in [0.15, 0.2) is 0 Å². The van der Waals surface area contributed by atoms with E-state index in [2.05, 4.69) is 10.3 Å². The van der Waals surface area contributed by atoms with Crippen LogP contribution in [0.25, 0.3) is 11.1 Å². The summed E-state index contributed by atoms with van der Waals surface area (Å²) in [5, 5.41) is 2.70. The van der Waals surface area contributed by atoms with Crippen LogP contribution in [0.4, 0.5) is 5.82 Å². The summed E-state index contributed by atoms with van der Waals surface area (Å²) in [6.45, 7) is 0. The number of nitrogens with one attached hydrogen (secondary N) is 2. The second-order valence-corrected chi connectivity index (χ2v) is 4.39. The van der Waals surface area contributed by atoms with Crippen molar-refractivity contribution >= 4 is 11.7 Å². The standard InChI is InChI=1S/C13H12N2O3/c16-12(8-1-2-8)14-11-4-3-10(13(17)15-11)9-5-6-18-7-9/h3-8H,1-2H2,(H2,14,15,16,17). The highest BCUT2D eigenvalue weighted by Gasteiger charge is 2.29. The van der Waals surface area contributed by atoms with Gasteiger partial charge in [-0.1, -0.05) is 0 Å². The first kappa shape index (κ1) is 10.8. The highest BCUT2D eigenvalue weighted by molar-refractivity contribution is 5.93. The number of aromatic amines is 1. The molecule has 0 bridgehead atoms. The van der Waals surface area contributed by atoms with Gasteiger partial charge in [-0.3, -0.25) is 9.59 Å². The molecule has 0 unspecified atom stereocenters. The van der Waals surface area contributed by atoms with E-state index in [1.807, 2.05) is 0 Å². The first-order chi connectivity index (χ1) is 8.74. The molecule has 1 saturated carbocycles. The van der Waals surface area contributed by atoms with Gasteiger partial charge in [-0.25, -0.2) is 0 Å². The van der Waals surface area contributed by atoms with Crippen LogP contribution in [0, 0.1) is 5.92 Å². The lowest BCUT2D eigenvalue weighted by atomic mass is 10.1. The van der Waals surface area contributed by atoms with Crippen LogP contribution in [-0.4, -0.2) is 10.9 Å². The van der Waals surface area contributed by atoms with Crippen molar-refractivity contribution < 1.29 is 9.21 Å². The average Bonchev–Trinajstić information content (AvgIpc) is 3.07. The lowest BCUT2D eigenvalue weighted by molar-refractivity contribution is -0.117. The zero-order valence-corrected chi connectivity index (χ0v) is 9.60. The molecular formula is C13H12N2O3. The van der Waals surface area contributed by atoms with Gasteiger partial charge in [0.2, 0.25) is 5.91 Å². The monoisotopic (exact) mass is 244 g/mol. The third kappa shape index (κ3) is 2.07. The smallest absolute Gasteiger partial charge is 0.257 e. The van der Waals surface area contributed by atoms with Crippen LogP contribution in [0.3, 0.4) is 0 Å². The number of furan rings is 1. The highest BCUT2D eigenvalue weighted by atomic mass is 16.3. The van der Waals surface area contributed by atoms with Crippen LogP contribution in [0.15, 0.2) is 39.9 Å². The second-order valence-electron chi connectivity index (χ2n) is 4.39. The van der Waals surface area contributed by atoms with Crippen LogP contribution in [0.5, 0.6) is 0 Å². The van der Waals surface area contributed by atoms with Crippen LogP contribution in [0.1, 0.15) is 12.8 Å². The zero-order valence-electron chi connectivity index (χ0n) is 9.60. The van der Waals surface area contributed by atoms with Gasteiger partial charge in [0.1, 0.15) is 5.82 Å². The molecule has 1 aliphatic carbocycles. The van der Waals surface area contributed by atoms with Crippen molar-refractivity contribution in [1.29, 1.82) is 0 Å². The van der Waals surface area contributed by atoms with Gasteiger partial charge in [0.25, 0.3) is 5.56 Å². The van der Waals surface area contributed by atoms with Gasteiger partial charge in [-0.2, -0.15) is 0 Å². The maximum Gasteiger partial charge on any atom is 0.257 e. The molecule has 3 rings (SSSR count). The van der Waals surface area contributed by atoms with Gasteiger partial charge in [0, 0.05) is 11.5 Å². The Morgan fingerprint density at radius 2 is 2.17 bits per heavy atom. The van der Waals surface area contributed by atoms with Crippen LogP contribution < -0.4 is 10.9 Å². The number of rotatable bonds is 3. The summed E-state index contributed by atoms with van der Waals surface area (Å²) >= 11 is 0. The number of hydrogen-bond acceptors (Lipinski definition) is 3. The molecule has 2 aromatic heterocycles. The molecule has 2 aromatic rings. The van der Waals surface area contributed by atoms with Crippen molar-refractivity contribution in [2.24, 2.45) is 5.92 Å². The molecule has 1 amide bonds. The molecule has 0 aromatic carbocycles. The number of pyridine rings is 1. The Morgan fingerprint density at radius 3 is 2.78 bits per heavy atom. The summed E-state index contributed by atoms with van der Waals surface area (Å²) in [6.07, 6.45) is 4.89. The molecule has 92 valence electrons. The fourth-order valence-corrected chi connectivity index (χ4v) is 1.77. The third-order valence-electron chi connectivity index (χ3n) is 2.95. The van der Waals surface area contributed by atoms with E-state index in [0.29, 0.717) is 11.4 Å². The van der Waals surface area contributed by atoms with E-state index in [9.17, 15) is 9.59 Å². The predicted octanol–water partition coefficient (Wildman–Crippen LogP) is 1.98. The van der Waals surface area contributed by atoms with Crippen LogP contribution in [-0.2, 0) is 4.79 Å². The number of H-pyrrole nitrogens is 1. The van der Waals surface area contributed by atoms with Gasteiger partial charge in [-0.15, -0.1) is 0 Å². The Kier molecular flexibility index (Phi) is 2.51. The fourth-order valence-electron chi connectivity index (χ4n) is 1.77. The van der Waals surface area contributed by atoms with Gasteiger partial charge in [-0.05, 0) is 31.0 Å². The molecule has 5 nitrogen and oxygen atoms in total. The van der Waals surface area contributed by atoms with Crippen molar-refractivity contribution in [2.75, 3.05) is 5.32 Å². The second kappa shape index (κ2) is 4.18. The Morgan fingerprint density at radius 1 is 1.33 bits per heavy atom. The SMILES string of the molecule is O=C(Nc1ccc(-c2ccoc2)c(=O)[nH]1)C1CC1. The fraction of sp³-hybridized carbons (Fsp3) is 0.231. The molecule has 0 spiro atoms. The lowest BCUT2D eigenvalue weighted by Crippen LogP contribution is -2.18. The van der Waals surface area contributed by atoms with Crippen molar-refractivity contribution in [3.63, 3.8) is 0 Å². The number of hydrogen-bond donors (Lipinski definition) is 2. The Labute approximate surface area is 103 Å². The number of carbonyl (C=O) groups is 1. The van der Waals surface area contributed by atoms with E-state index in [0.717, 1.165) is 18.4 Å². The number of carbonyl (C=O) groups excluding carboxylic acids is 1. The van der Waals surface area contributed by atoms with Crippen molar-refractivity contribution in [3.05, 3.63) is 41.1 Å². The van der Waals surface area contributed by atoms with Gasteiger partial charge >= 0.3 is 0 Å². The first-order valence-electron chi connectivity index (χ1n) is 5.81. The first-order valence-corrected chi connectivity index (χ1v) is 5.81. The summed E-state index contributed by atoms with van der Waals surface area (Å²) in [7, 11) is 0. The molecule has 1 fully saturated rings. The van der Waals surface area contributed by atoms with E-state index in [4.69, 9.17) is 4.42 Å². The number of aromatic nitrogens is 1. The van der Waals surface area contributed by atoms with E-state index in [1.54, 1.807) is 18.2 Å². The Hall–Kier alpha value is -2.30. The number of anilines is 1. The zero-order chi connectivity index (χ0) is 12.5. The summed E-state index contributed by atoms with van der Waals surface area (Å²) in [5.74, 6) is 0.521. The third-order valence-corrected chi connectivity index (χ3v) is 2.95.